The van der Waals surface area contributed by atoms with Gasteiger partial charge in [-0.15, -0.1) is 9.21 Å². The molecule has 138 valence electrons. The van der Waals surface area contributed by atoms with Gasteiger partial charge in [0.25, 0.3) is 6.72 Å². The maximum Gasteiger partial charge on any atom is 0.271 e. The van der Waals surface area contributed by atoms with Gasteiger partial charge in [0.05, 0.1) is 0 Å². The molecule has 0 aliphatic rings. The smallest absolute Gasteiger partial charge is 0.271 e. The molecule has 0 heterocycles. The van der Waals surface area contributed by atoms with Gasteiger partial charge in [-0.1, -0.05) is 54.6 Å². The Morgan fingerprint density at radius 3 is 1.04 bits per heavy atom. The molecule has 0 bridgehead atoms. The number of thiol groups is 1. The summed E-state index contributed by atoms with van der Waals surface area (Å²) in [5.41, 5.74) is 2.82. The Morgan fingerprint density at radius 1 is 0.538 bits per heavy atom. The van der Waals surface area contributed by atoms with Crippen LogP contribution in [0.2, 0.25) is 0 Å². The summed E-state index contributed by atoms with van der Waals surface area (Å²) in [6, 6.07) is 23.1. The molecular weight excluding hydrogens is 363 g/mol. The molecule has 0 atom stereocenters. The standard InChI is InChI=1S/C21H25O3PS/c1-16-10-4-7-13-19(16)26(25(22,23)24,20-14-8-5-11-17(20)2)21-15-9-6-12-18(21)3/h4-15,22-24,26H,1-3H3. The largest absolute Gasteiger partial charge is 0.329 e. The fourth-order valence-corrected chi connectivity index (χ4v) is 12.5. The fraction of sp³-hybridized carbons (Fsp3) is 0.143. The average Bonchev–Trinajstić information content (AvgIpc) is 2.59. The van der Waals surface area contributed by atoms with Crippen LogP contribution in [0.4, 0.5) is 0 Å². The van der Waals surface area contributed by atoms with Gasteiger partial charge in [-0.2, -0.15) is 0 Å². The molecule has 3 aromatic rings. The predicted octanol–water partition coefficient (Wildman–Crippen LogP) is 4.63. The van der Waals surface area contributed by atoms with Gasteiger partial charge in [0.2, 0.25) is 0 Å². The molecule has 0 unspecified atom stereocenters. The number of aryl methyl sites for hydroxylation is 3. The van der Waals surface area contributed by atoms with Crippen molar-refractivity contribution in [1.29, 1.82) is 0 Å². The number of benzene rings is 3. The van der Waals surface area contributed by atoms with Crippen LogP contribution in [0.5, 0.6) is 0 Å². The maximum absolute atomic E-state index is 10.9. The molecule has 0 saturated heterocycles. The van der Waals surface area contributed by atoms with E-state index in [2.05, 4.69) is 0 Å². The van der Waals surface area contributed by atoms with E-state index < -0.39 is 15.9 Å². The van der Waals surface area contributed by atoms with Gasteiger partial charge >= 0.3 is 0 Å². The van der Waals surface area contributed by atoms with Crippen molar-refractivity contribution in [2.24, 2.45) is 0 Å². The van der Waals surface area contributed by atoms with Gasteiger partial charge in [0.15, 0.2) is 0 Å². The Bertz CT molecular complexity index is 911. The zero-order valence-electron chi connectivity index (χ0n) is 15.2. The van der Waals surface area contributed by atoms with E-state index >= 15 is 0 Å². The highest BCUT2D eigenvalue weighted by Crippen LogP contribution is 2.58. The highest BCUT2D eigenvalue weighted by molar-refractivity contribution is 8.39. The van der Waals surface area contributed by atoms with Crippen molar-refractivity contribution < 1.29 is 14.7 Å². The van der Waals surface area contributed by atoms with Crippen LogP contribution in [0.15, 0.2) is 87.5 Å². The number of hydrogen-bond acceptors (Lipinski definition) is 0. The molecule has 0 saturated carbocycles. The Labute approximate surface area is 155 Å². The third-order valence-electron chi connectivity index (χ3n) is 4.79. The first-order chi connectivity index (χ1) is 12.3. The second kappa shape index (κ2) is 7.15. The van der Waals surface area contributed by atoms with Gasteiger partial charge in [0.1, 0.15) is 0 Å². The van der Waals surface area contributed by atoms with E-state index in [-0.39, 0.29) is 0 Å². The lowest BCUT2D eigenvalue weighted by molar-refractivity contribution is 0.362. The van der Waals surface area contributed by atoms with Crippen molar-refractivity contribution in [3.8, 4) is 0 Å². The third kappa shape index (κ3) is 2.98. The van der Waals surface area contributed by atoms with Crippen molar-refractivity contribution in [1.82, 2.24) is 0 Å². The van der Waals surface area contributed by atoms with Gasteiger partial charge < -0.3 is 14.7 Å². The Morgan fingerprint density at radius 2 is 0.808 bits per heavy atom. The molecule has 0 aliphatic carbocycles. The topological polar surface area (TPSA) is 60.7 Å². The molecule has 0 radical (unpaired) electrons. The van der Waals surface area contributed by atoms with Crippen molar-refractivity contribution in [2.75, 3.05) is 0 Å². The summed E-state index contributed by atoms with van der Waals surface area (Å²) in [6.07, 6.45) is 0. The van der Waals surface area contributed by atoms with E-state index in [0.717, 1.165) is 31.4 Å². The lowest BCUT2D eigenvalue weighted by atomic mass is 10.2. The molecule has 0 aliphatic heterocycles. The summed E-state index contributed by atoms with van der Waals surface area (Å²) in [6.45, 7) is 1.57. The Balaban J connectivity index is 2.67. The predicted molar refractivity (Wildman–Crippen MR) is 111 cm³/mol. The molecule has 26 heavy (non-hydrogen) atoms. The van der Waals surface area contributed by atoms with E-state index in [1.54, 1.807) is 0 Å². The molecular formula is C21H25O3PS. The van der Waals surface area contributed by atoms with Crippen molar-refractivity contribution in [2.45, 2.75) is 35.5 Å². The minimum atomic E-state index is -4.29. The van der Waals surface area contributed by atoms with E-state index in [9.17, 15) is 14.7 Å². The summed E-state index contributed by atoms with van der Waals surface area (Å²) in [4.78, 5) is 35.2. The van der Waals surface area contributed by atoms with Crippen molar-refractivity contribution in [3.05, 3.63) is 89.5 Å². The zero-order valence-corrected chi connectivity index (χ0v) is 17.0. The van der Waals surface area contributed by atoms with E-state index in [1.165, 1.54) is 0 Å². The van der Waals surface area contributed by atoms with Crippen LogP contribution in [0, 0.1) is 20.8 Å². The Hall–Kier alpha value is -1.68. The van der Waals surface area contributed by atoms with Crippen LogP contribution in [0.1, 0.15) is 16.7 Å². The van der Waals surface area contributed by atoms with Crippen molar-refractivity contribution in [3.63, 3.8) is 0 Å². The molecule has 0 spiro atoms. The van der Waals surface area contributed by atoms with Crippen LogP contribution in [0.3, 0.4) is 0 Å². The van der Waals surface area contributed by atoms with E-state index in [1.807, 2.05) is 93.6 Å². The summed E-state index contributed by atoms with van der Waals surface area (Å²) in [5, 5.41) is 0. The molecule has 3 N–H and O–H groups in total. The maximum atomic E-state index is 10.9. The minimum absolute atomic E-state index is 0.810. The SMILES string of the molecule is Cc1ccccc1[SH](c1ccccc1C)(c1ccccc1C)=P(O)(O)O. The van der Waals surface area contributed by atoms with Crippen LogP contribution in [-0.2, 0) is 9.21 Å². The minimum Gasteiger partial charge on any atom is -0.329 e. The van der Waals surface area contributed by atoms with Gasteiger partial charge in [-0.25, -0.2) is 0 Å². The molecule has 0 fully saturated rings. The van der Waals surface area contributed by atoms with Crippen LogP contribution < -0.4 is 0 Å². The molecule has 3 nitrogen and oxygen atoms in total. The monoisotopic (exact) mass is 388 g/mol. The quantitative estimate of drug-likeness (QED) is 0.391. The van der Waals surface area contributed by atoms with Crippen molar-refractivity contribution >= 4 is 15.9 Å². The molecule has 3 rings (SSSR count). The molecule has 3 aromatic carbocycles. The molecule has 5 heteroatoms. The first-order valence-electron chi connectivity index (χ1n) is 8.45. The summed E-state index contributed by atoms with van der Waals surface area (Å²) >= 11 is 0. The summed E-state index contributed by atoms with van der Waals surface area (Å²) in [5.74, 6) is 0. The van der Waals surface area contributed by atoms with Crippen LogP contribution in [0.25, 0.3) is 0 Å². The Kier molecular flexibility index (Phi) is 5.25. The first-order valence-corrected chi connectivity index (χ1v) is 12.6. The normalized spacial score (nSPS) is 12.8. The summed E-state index contributed by atoms with van der Waals surface area (Å²) in [7, 11) is -3.07. The molecule has 0 aromatic heterocycles. The lowest BCUT2D eigenvalue weighted by Crippen LogP contribution is -2.20. The number of hydrogen-bond donors (Lipinski definition) is 4. The van der Waals surface area contributed by atoms with Crippen LogP contribution in [-0.4, -0.2) is 14.7 Å². The van der Waals surface area contributed by atoms with Gasteiger partial charge in [-0.05, 0) is 55.7 Å². The average molecular weight is 388 g/mol. The highest BCUT2D eigenvalue weighted by Gasteiger charge is 2.34. The van der Waals surface area contributed by atoms with Crippen LogP contribution >= 0.6 is 6.72 Å². The van der Waals surface area contributed by atoms with E-state index in [4.69, 9.17) is 0 Å². The fourth-order valence-electron chi connectivity index (χ4n) is 3.60. The van der Waals surface area contributed by atoms with Gasteiger partial charge in [0, 0.05) is 14.7 Å². The second-order valence-corrected chi connectivity index (χ2v) is 13.7. The number of rotatable bonds is 3. The second-order valence-electron chi connectivity index (χ2n) is 6.53. The highest BCUT2D eigenvalue weighted by atomic mass is 32.6. The zero-order chi connectivity index (χ0) is 18.9. The lowest BCUT2D eigenvalue weighted by Gasteiger charge is -2.39. The summed E-state index contributed by atoms with van der Waals surface area (Å²) < 4.78 is 0. The van der Waals surface area contributed by atoms with Gasteiger partial charge in [-0.3, -0.25) is 0 Å². The first kappa shape index (κ1) is 19.1. The van der Waals surface area contributed by atoms with E-state index in [0.29, 0.717) is 0 Å². The molecule has 0 amide bonds. The third-order valence-corrected chi connectivity index (χ3v) is 13.6.